The fraction of sp³-hybridized carbons (Fsp3) is 0.846. The third-order valence-corrected chi connectivity index (χ3v) is 3.91. The van der Waals surface area contributed by atoms with E-state index in [4.69, 9.17) is 9.84 Å². The molecule has 1 saturated carbocycles. The zero-order valence-corrected chi connectivity index (χ0v) is 11.4. The van der Waals surface area contributed by atoms with Crippen LogP contribution in [-0.2, 0) is 9.53 Å². The van der Waals surface area contributed by atoms with Crippen molar-refractivity contribution >= 4 is 12.0 Å². The van der Waals surface area contributed by atoms with Crippen LogP contribution in [0.15, 0.2) is 0 Å². The first-order valence-electron chi connectivity index (χ1n) is 7.15. The molecular formula is C13H22N2O5. The molecule has 4 N–H and O–H groups in total. The van der Waals surface area contributed by atoms with Gasteiger partial charge in [-0.2, -0.15) is 0 Å². The van der Waals surface area contributed by atoms with Crippen LogP contribution in [0.1, 0.15) is 38.5 Å². The summed E-state index contributed by atoms with van der Waals surface area (Å²) in [4.78, 5) is 22.4. The molecule has 1 saturated heterocycles. The molecule has 2 fully saturated rings. The van der Waals surface area contributed by atoms with E-state index in [2.05, 4.69) is 10.6 Å². The lowest BCUT2D eigenvalue weighted by Crippen LogP contribution is -2.46. The fourth-order valence-corrected chi connectivity index (χ4v) is 2.70. The third kappa shape index (κ3) is 4.35. The minimum Gasteiger partial charge on any atom is -0.479 e. The largest absolute Gasteiger partial charge is 0.479 e. The Morgan fingerprint density at radius 1 is 1.10 bits per heavy atom. The highest BCUT2D eigenvalue weighted by Crippen LogP contribution is 2.20. The quantitative estimate of drug-likeness (QED) is 0.591. The highest BCUT2D eigenvalue weighted by molar-refractivity contribution is 5.74. The average molecular weight is 286 g/mol. The zero-order chi connectivity index (χ0) is 14.5. The lowest BCUT2D eigenvalue weighted by atomic mass is 9.93. The fourth-order valence-electron chi connectivity index (χ4n) is 2.70. The molecule has 2 atom stereocenters. The van der Waals surface area contributed by atoms with Gasteiger partial charge in [-0.3, -0.25) is 0 Å². The summed E-state index contributed by atoms with van der Waals surface area (Å²) in [5, 5.41) is 23.8. The summed E-state index contributed by atoms with van der Waals surface area (Å²) in [5.74, 6) is -0.947. The molecule has 0 aromatic heterocycles. The van der Waals surface area contributed by atoms with Gasteiger partial charge in [0, 0.05) is 12.6 Å². The Morgan fingerprint density at radius 3 is 2.40 bits per heavy atom. The summed E-state index contributed by atoms with van der Waals surface area (Å²) < 4.78 is 5.30. The molecule has 0 radical (unpaired) electrons. The van der Waals surface area contributed by atoms with E-state index in [9.17, 15) is 14.7 Å². The van der Waals surface area contributed by atoms with E-state index in [0.29, 0.717) is 19.4 Å². The minimum atomic E-state index is -0.947. The van der Waals surface area contributed by atoms with Crippen LogP contribution in [0.3, 0.4) is 0 Å². The molecular weight excluding hydrogens is 264 g/mol. The molecule has 0 spiro atoms. The highest BCUT2D eigenvalue weighted by Gasteiger charge is 2.30. The van der Waals surface area contributed by atoms with Crippen LogP contribution in [-0.4, -0.2) is 53.1 Å². The van der Waals surface area contributed by atoms with Gasteiger partial charge in [0.05, 0.1) is 12.2 Å². The van der Waals surface area contributed by atoms with Gasteiger partial charge in [-0.15, -0.1) is 0 Å². The van der Waals surface area contributed by atoms with Crippen molar-refractivity contribution in [3.63, 3.8) is 0 Å². The van der Waals surface area contributed by atoms with E-state index < -0.39 is 12.1 Å². The summed E-state index contributed by atoms with van der Waals surface area (Å²) in [6.45, 7) is 0.324. The Balaban J connectivity index is 1.62. The molecule has 0 bridgehead atoms. The molecule has 1 aliphatic carbocycles. The molecule has 7 nitrogen and oxygen atoms in total. The number of amides is 2. The number of carbonyl (C=O) groups is 2. The first-order valence-corrected chi connectivity index (χ1v) is 7.15. The number of aliphatic hydroxyl groups is 1. The maximum atomic E-state index is 11.7. The van der Waals surface area contributed by atoms with E-state index in [0.717, 1.165) is 25.7 Å². The second-order valence-electron chi connectivity index (χ2n) is 5.52. The van der Waals surface area contributed by atoms with Gasteiger partial charge < -0.3 is 25.6 Å². The number of urea groups is 1. The Labute approximate surface area is 117 Å². The van der Waals surface area contributed by atoms with Gasteiger partial charge in [0.2, 0.25) is 0 Å². The van der Waals surface area contributed by atoms with Crippen molar-refractivity contribution in [2.45, 2.75) is 62.9 Å². The number of carboxylic acids is 1. The maximum Gasteiger partial charge on any atom is 0.332 e. The van der Waals surface area contributed by atoms with Crippen molar-refractivity contribution in [2.75, 3.05) is 6.54 Å². The van der Waals surface area contributed by atoms with Crippen LogP contribution in [0.5, 0.6) is 0 Å². The second kappa shape index (κ2) is 6.90. The zero-order valence-electron chi connectivity index (χ0n) is 11.4. The number of nitrogens with one attached hydrogen (secondary N) is 2. The number of carboxylic acid groups (broad SMARTS) is 1. The molecule has 2 amide bonds. The van der Waals surface area contributed by atoms with Gasteiger partial charge in [-0.1, -0.05) is 0 Å². The number of hydrogen-bond acceptors (Lipinski definition) is 4. The molecule has 20 heavy (non-hydrogen) atoms. The van der Waals surface area contributed by atoms with Crippen molar-refractivity contribution in [3.05, 3.63) is 0 Å². The van der Waals surface area contributed by atoms with Crippen molar-refractivity contribution in [3.8, 4) is 0 Å². The van der Waals surface area contributed by atoms with Gasteiger partial charge in [-0.25, -0.2) is 9.59 Å². The number of aliphatic hydroxyl groups excluding tert-OH is 1. The van der Waals surface area contributed by atoms with Crippen LogP contribution in [0.4, 0.5) is 4.79 Å². The van der Waals surface area contributed by atoms with Crippen molar-refractivity contribution in [1.82, 2.24) is 10.6 Å². The molecule has 7 heteroatoms. The topological polar surface area (TPSA) is 108 Å². The smallest absolute Gasteiger partial charge is 0.332 e. The first-order chi connectivity index (χ1) is 9.54. The summed E-state index contributed by atoms with van der Waals surface area (Å²) in [6, 6.07) is -0.150. The number of aliphatic carboxylic acids is 1. The monoisotopic (exact) mass is 286 g/mol. The first kappa shape index (κ1) is 15.1. The summed E-state index contributed by atoms with van der Waals surface area (Å²) in [7, 11) is 0. The highest BCUT2D eigenvalue weighted by atomic mass is 16.5. The van der Waals surface area contributed by atoms with Crippen molar-refractivity contribution in [1.29, 1.82) is 0 Å². The lowest BCUT2D eigenvalue weighted by Gasteiger charge is -2.26. The van der Waals surface area contributed by atoms with E-state index >= 15 is 0 Å². The molecule has 2 rings (SSSR count). The van der Waals surface area contributed by atoms with Gasteiger partial charge in [0.15, 0.2) is 6.10 Å². The van der Waals surface area contributed by atoms with Crippen LogP contribution in [0.25, 0.3) is 0 Å². The summed E-state index contributed by atoms with van der Waals surface area (Å²) in [6.07, 6.45) is 2.94. The minimum absolute atomic E-state index is 0.106. The molecule has 114 valence electrons. The number of rotatable bonds is 4. The molecule has 2 aliphatic rings. The average Bonchev–Trinajstić information content (AvgIpc) is 2.88. The normalized spacial score (nSPS) is 33.6. The molecule has 1 heterocycles. The Bertz CT molecular complexity index is 355. The van der Waals surface area contributed by atoms with Gasteiger partial charge in [0.25, 0.3) is 0 Å². The van der Waals surface area contributed by atoms with E-state index in [1.165, 1.54) is 0 Å². The number of ether oxygens (including phenoxy) is 1. The molecule has 0 aromatic rings. The SMILES string of the molecule is O=C(NCC1CCC(C(=O)O)O1)NC1CCC(O)CC1. The third-order valence-electron chi connectivity index (χ3n) is 3.91. The number of hydrogen-bond donors (Lipinski definition) is 4. The van der Waals surface area contributed by atoms with Crippen LogP contribution in [0.2, 0.25) is 0 Å². The Morgan fingerprint density at radius 2 is 1.80 bits per heavy atom. The molecule has 0 aromatic carbocycles. The van der Waals surface area contributed by atoms with Gasteiger partial charge in [0.1, 0.15) is 0 Å². The molecule has 1 aliphatic heterocycles. The van der Waals surface area contributed by atoms with E-state index in [1.807, 2.05) is 0 Å². The van der Waals surface area contributed by atoms with Gasteiger partial charge >= 0.3 is 12.0 Å². The van der Waals surface area contributed by atoms with Crippen LogP contribution in [0, 0.1) is 0 Å². The Hall–Kier alpha value is -1.34. The van der Waals surface area contributed by atoms with Crippen LogP contribution >= 0.6 is 0 Å². The number of carbonyl (C=O) groups excluding carboxylic acids is 1. The lowest BCUT2D eigenvalue weighted by molar-refractivity contribution is -0.149. The van der Waals surface area contributed by atoms with Crippen molar-refractivity contribution in [2.24, 2.45) is 0 Å². The standard InChI is InChI=1S/C13H22N2O5/c16-9-3-1-8(2-4-9)15-13(19)14-7-10-5-6-11(20-10)12(17)18/h8-11,16H,1-7H2,(H,17,18)(H2,14,15,19). The predicted octanol–water partition coefficient (Wildman–Crippen LogP) is 0.221. The Kier molecular flexibility index (Phi) is 5.19. The van der Waals surface area contributed by atoms with Crippen LogP contribution < -0.4 is 10.6 Å². The summed E-state index contributed by atoms with van der Waals surface area (Å²) >= 11 is 0. The van der Waals surface area contributed by atoms with E-state index in [-0.39, 0.29) is 24.3 Å². The second-order valence-corrected chi connectivity index (χ2v) is 5.52. The molecule has 2 unspecified atom stereocenters. The maximum absolute atomic E-state index is 11.7. The predicted molar refractivity (Wildman–Crippen MR) is 70.3 cm³/mol. The summed E-state index contributed by atoms with van der Waals surface area (Å²) in [5.41, 5.74) is 0. The van der Waals surface area contributed by atoms with Gasteiger partial charge in [-0.05, 0) is 38.5 Å². The van der Waals surface area contributed by atoms with E-state index in [1.54, 1.807) is 0 Å². The van der Waals surface area contributed by atoms with Crippen molar-refractivity contribution < 1.29 is 24.5 Å².